The third-order valence-electron chi connectivity index (χ3n) is 2.77. The van der Waals surface area contributed by atoms with Crippen molar-refractivity contribution in [2.45, 2.75) is 18.6 Å². The summed E-state index contributed by atoms with van der Waals surface area (Å²) in [5.74, 6) is -2.39. The Balaban J connectivity index is 2.22. The van der Waals surface area contributed by atoms with Crippen molar-refractivity contribution >= 4 is 11.9 Å². The highest BCUT2D eigenvalue weighted by Crippen LogP contribution is 2.20. The summed E-state index contributed by atoms with van der Waals surface area (Å²) in [5.41, 5.74) is -0.0447. The molecule has 1 aromatic heterocycles. The predicted octanol–water partition coefficient (Wildman–Crippen LogP) is -0.119. The van der Waals surface area contributed by atoms with Crippen LogP contribution in [0.2, 0.25) is 0 Å². The molecule has 2 atom stereocenters. The van der Waals surface area contributed by atoms with Crippen LogP contribution in [-0.4, -0.2) is 50.7 Å². The van der Waals surface area contributed by atoms with Crippen molar-refractivity contribution in [3.8, 4) is 0 Å². The van der Waals surface area contributed by atoms with Crippen LogP contribution in [0.3, 0.4) is 0 Å². The van der Waals surface area contributed by atoms with Gasteiger partial charge in [-0.05, 0) is 12.1 Å². The van der Waals surface area contributed by atoms with Gasteiger partial charge in [-0.1, -0.05) is 0 Å². The van der Waals surface area contributed by atoms with Gasteiger partial charge in [0, 0.05) is 13.0 Å². The molecule has 6 nitrogen and oxygen atoms in total. The van der Waals surface area contributed by atoms with Crippen LogP contribution in [0.1, 0.15) is 16.9 Å². The van der Waals surface area contributed by atoms with E-state index in [9.17, 15) is 19.1 Å². The van der Waals surface area contributed by atoms with Crippen molar-refractivity contribution in [3.05, 3.63) is 29.8 Å². The van der Waals surface area contributed by atoms with Crippen molar-refractivity contribution in [1.29, 1.82) is 0 Å². The Kier molecular flexibility index (Phi) is 3.24. The molecule has 1 aromatic rings. The quantitative estimate of drug-likeness (QED) is 0.767. The lowest BCUT2D eigenvalue weighted by molar-refractivity contribution is -0.141. The Morgan fingerprint density at radius 1 is 1.44 bits per heavy atom. The average molecular weight is 254 g/mol. The number of aliphatic hydroxyl groups excluding tert-OH is 1. The number of nitrogens with zero attached hydrogens (tertiary/aromatic N) is 2. The summed E-state index contributed by atoms with van der Waals surface area (Å²) in [7, 11) is 0. The number of halogens is 1. The van der Waals surface area contributed by atoms with Crippen LogP contribution in [0, 0.1) is 5.82 Å². The molecule has 0 aliphatic carbocycles. The average Bonchev–Trinajstić information content (AvgIpc) is 2.71. The molecule has 0 unspecified atom stereocenters. The molecule has 0 radical (unpaired) electrons. The van der Waals surface area contributed by atoms with Crippen LogP contribution in [0.25, 0.3) is 0 Å². The minimum atomic E-state index is -1.18. The van der Waals surface area contributed by atoms with E-state index < -0.39 is 29.8 Å². The number of aliphatic carboxylic acids is 1. The molecule has 2 rings (SSSR count). The van der Waals surface area contributed by atoms with E-state index in [2.05, 4.69) is 4.98 Å². The van der Waals surface area contributed by atoms with E-state index in [-0.39, 0.29) is 18.7 Å². The molecular formula is C11H11FN2O4. The number of hydrogen-bond acceptors (Lipinski definition) is 4. The highest BCUT2D eigenvalue weighted by atomic mass is 19.1. The van der Waals surface area contributed by atoms with E-state index in [0.717, 1.165) is 17.2 Å². The maximum Gasteiger partial charge on any atom is 0.326 e. The number of β-amino-alcohol motifs (C(OH)–C–C–N with tert-alkyl or cyclic N) is 1. The molecule has 2 N–H and O–H groups in total. The Labute approximate surface area is 102 Å². The van der Waals surface area contributed by atoms with Crippen LogP contribution < -0.4 is 0 Å². The van der Waals surface area contributed by atoms with Crippen LogP contribution in [-0.2, 0) is 4.79 Å². The number of carboxylic acids is 1. The van der Waals surface area contributed by atoms with Crippen molar-refractivity contribution in [2.24, 2.45) is 0 Å². The zero-order valence-corrected chi connectivity index (χ0v) is 9.28. The number of rotatable bonds is 2. The first-order valence-corrected chi connectivity index (χ1v) is 5.32. The van der Waals surface area contributed by atoms with Gasteiger partial charge in [0.25, 0.3) is 5.91 Å². The molecule has 1 saturated heterocycles. The Morgan fingerprint density at radius 3 is 2.72 bits per heavy atom. The number of likely N-dealkylation sites (tertiary alicyclic amines) is 1. The molecule has 0 bridgehead atoms. The third kappa shape index (κ3) is 2.30. The van der Waals surface area contributed by atoms with Crippen molar-refractivity contribution < 1.29 is 24.2 Å². The van der Waals surface area contributed by atoms with E-state index in [1.165, 1.54) is 6.07 Å². The molecule has 0 aromatic carbocycles. The molecule has 0 saturated carbocycles. The maximum absolute atomic E-state index is 12.7. The molecule has 96 valence electrons. The van der Waals surface area contributed by atoms with E-state index in [4.69, 9.17) is 5.11 Å². The maximum atomic E-state index is 12.7. The van der Waals surface area contributed by atoms with E-state index in [1.807, 2.05) is 0 Å². The third-order valence-corrected chi connectivity index (χ3v) is 2.77. The fourth-order valence-electron chi connectivity index (χ4n) is 1.92. The summed E-state index contributed by atoms with van der Waals surface area (Å²) >= 11 is 0. The molecule has 1 aliphatic rings. The van der Waals surface area contributed by atoms with Gasteiger partial charge in [0.15, 0.2) is 0 Å². The second kappa shape index (κ2) is 4.69. The van der Waals surface area contributed by atoms with Crippen molar-refractivity contribution in [1.82, 2.24) is 9.88 Å². The van der Waals surface area contributed by atoms with Crippen LogP contribution in [0.4, 0.5) is 4.39 Å². The van der Waals surface area contributed by atoms with E-state index in [1.54, 1.807) is 0 Å². The lowest BCUT2D eigenvalue weighted by Gasteiger charge is -2.20. The number of pyridine rings is 1. The van der Waals surface area contributed by atoms with E-state index >= 15 is 0 Å². The Hall–Kier alpha value is -2.02. The number of aromatic nitrogens is 1. The zero-order valence-electron chi connectivity index (χ0n) is 9.28. The molecule has 1 fully saturated rings. The first kappa shape index (κ1) is 12.4. The number of hydrogen-bond donors (Lipinski definition) is 2. The second-order valence-corrected chi connectivity index (χ2v) is 4.06. The lowest BCUT2D eigenvalue weighted by atomic mass is 10.2. The van der Waals surface area contributed by atoms with Gasteiger partial charge in [0.05, 0.1) is 12.3 Å². The minimum Gasteiger partial charge on any atom is -0.480 e. The summed E-state index contributed by atoms with van der Waals surface area (Å²) in [6, 6.07) is 1.18. The molecule has 1 amide bonds. The molecule has 7 heteroatoms. The first-order chi connectivity index (χ1) is 8.49. The second-order valence-electron chi connectivity index (χ2n) is 4.06. The standard InChI is InChI=1S/C11H11FN2O4/c12-6-1-2-8(13-4-6)10(16)14-5-7(15)3-9(14)11(17)18/h1-2,4,7,9,15H,3,5H2,(H,17,18)/t7-,9+/m1/s1. The first-order valence-electron chi connectivity index (χ1n) is 5.32. The van der Waals surface area contributed by atoms with Gasteiger partial charge in [-0.3, -0.25) is 4.79 Å². The molecular weight excluding hydrogens is 243 g/mol. The number of carbonyl (C=O) groups is 2. The van der Waals surface area contributed by atoms with Gasteiger partial charge < -0.3 is 15.1 Å². The van der Waals surface area contributed by atoms with Crippen molar-refractivity contribution in [2.75, 3.05) is 6.54 Å². The van der Waals surface area contributed by atoms with Gasteiger partial charge >= 0.3 is 5.97 Å². The van der Waals surface area contributed by atoms with Gasteiger partial charge in [0.1, 0.15) is 17.6 Å². The molecule has 0 spiro atoms. The zero-order chi connectivity index (χ0) is 13.3. The highest BCUT2D eigenvalue weighted by molar-refractivity contribution is 5.95. The topological polar surface area (TPSA) is 90.7 Å². The summed E-state index contributed by atoms with van der Waals surface area (Å²) in [6.07, 6.45) is 0.00751. The molecule has 2 heterocycles. The van der Waals surface area contributed by atoms with Gasteiger partial charge in [-0.25, -0.2) is 14.2 Å². The van der Waals surface area contributed by atoms with Gasteiger partial charge in [-0.15, -0.1) is 0 Å². The van der Waals surface area contributed by atoms with Crippen molar-refractivity contribution in [3.63, 3.8) is 0 Å². The van der Waals surface area contributed by atoms with Crippen LogP contribution >= 0.6 is 0 Å². The Morgan fingerprint density at radius 2 is 2.17 bits per heavy atom. The summed E-state index contributed by atoms with van der Waals surface area (Å²) in [4.78, 5) is 27.6. The Bertz CT molecular complexity index is 476. The number of carboxylic acid groups (broad SMARTS) is 1. The summed E-state index contributed by atoms with van der Waals surface area (Å²) in [6.45, 7) is -0.0607. The molecule has 1 aliphatic heterocycles. The fraction of sp³-hybridized carbons (Fsp3) is 0.364. The van der Waals surface area contributed by atoms with Crippen LogP contribution in [0.5, 0.6) is 0 Å². The van der Waals surface area contributed by atoms with E-state index in [0.29, 0.717) is 0 Å². The van der Waals surface area contributed by atoms with Crippen LogP contribution in [0.15, 0.2) is 18.3 Å². The predicted molar refractivity (Wildman–Crippen MR) is 57.3 cm³/mol. The number of aliphatic hydroxyl groups is 1. The normalized spacial score (nSPS) is 23.1. The minimum absolute atomic E-state index is 0.0116. The smallest absolute Gasteiger partial charge is 0.326 e. The van der Waals surface area contributed by atoms with Gasteiger partial charge in [-0.2, -0.15) is 0 Å². The highest BCUT2D eigenvalue weighted by Gasteiger charge is 2.39. The largest absolute Gasteiger partial charge is 0.480 e. The van der Waals surface area contributed by atoms with Gasteiger partial charge in [0.2, 0.25) is 0 Å². The lowest BCUT2D eigenvalue weighted by Crippen LogP contribution is -2.40. The monoisotopic (exact) mass is 254 g/mol. The number of amides is 1. The summed E-state index contributed by atoms with van der Waals surface area (Å²) < 4.78 is 12.7. The summed E-state index contributed by atoms with van der Waals surface area (Å²) in [5, 5.41) is 18.4. The molecule has 18 heavy (non-hydrogen) atoms. The SMILES string of the molecule is O=C(O)[C@@H]1C[C@@H](O)CN1C(=O)c1ccc(F)cn1. The number of carbonyl (C=O) groups excluding carboxylic acids is 1. The fourth-order valence-corrected chi connectivity index (χ4v) is 1.92.